The van der Waals surface area contributed by atoms with E-state index in [4.69, 9.17) is 17.3 Å². The second-order valence-corrected chi connectivity index (χ2v) is 5.20. The zero-order valence-corrected chi connectivity index (χ0v) is 11.3. The molecule has 5 nitrogen and oxygen atoms in total. The summed E-state index contributed by atoms with van der Waals surface area (Å²) in [5.41, 5.74) is 7.28. The fourth-order valence-electron chi connectivity index (χ4n) is 1.68. The Morgan fingerprint density at radius 1 is 1.32 bits per heavy atom. The molecular formula is C12H10ClN5S. The van der Waals surface area contributed by atoms with Gasteiger partial charge in [-0.15, -0.1) is 16.4 Å². The van der Waals surface area contributed by atoms with Crippen molar-refractivity contribution in [3.05, 3.63) is 40.7 Å². The van der Waals surface area contributed by atoms with E-state index in [9.17, 15) is 0 Å². The average molecular weight is 292 g/mol. The molecule has 0 radical (unpaired) electrons. The number of thiophene rings is 1. The average Bonchev–Trinajstić information content (AvgIpc) is 3.01. The normalized spacial score (nSPS) is 10.6. The molecule has 3 rings (SSSR count). The lowest BCUT2D eigenvalue weighted by atomic mass is 10.1. The monoisotopic (exact) mass is 291 g/mol. The Bertz CT molecular complexity index is 692. The number of hydrogen-bond donors (Lipinski definition) is 3. The lowest BCUT2D eigenvalue weighted by Gasteiger charge is -2.06. The summed E-state index contributed by atoms with van der Waals surface area (Å²) >= 11 is 7.94. The highest BCUT2D eigenvalue weighted by molar-refractivity contribution is 7.13. The fourth-order valence-corrected chi connectivity index (χ4v) is 2.79. The SMILES string of the molecule is Nc1nc(Nc2ccc(-c3cccs3)c(Cl)c2)n[nH]1. The van der Waals surface area contributed by atoms with Crippen molar-refractivity contribution in [2.75, 3.05) is 11.1 Å². The molecule has 3 aromatic rings. The van der Waals surface area contributed by atoms with E-state index in [0.29, 0.717) is 11.0 Å². The number of aromatic amines is 1. The Labute approximate surface area is 118 Å². The third-order valence-corrected chi connectivity index (χ3v) is 3.73. The fraction of sp³-hybridized carbons (Fsp3) is 0. The van der Waals surface area contributed by atoms with Crippen LogP contribution < -0.4 is 11.1 Å². The van der Waals surface area contributed by atoms with Gasteiger partial charge in [-0.25, -0.2) is 5.10 Å². The van der Waals surface area contributed by atoms with Crippen molar-refractivity contribution >= 4 is 40.5 Å². The van der Waals surface area contributed by atoms with Gasteiger partial charge in [0.2, 0.25) is 11.9 Å². The molecule has 0 aliphatic rings. The zero-order chi connectivity index (χ0) is 13.2. The number of hydrogen-bond acceptors (Lipinski definition) is 5. The number of H-pyrrole nitrogens is 1. The summed E-state index contributed by atoms with van der Waals surface area (Å²) in [5.74, 6) is 0.682. The predicted molar refractivity (Wildman–Crippen MR) is 78.8 cm³/mol. The second-order valence-electron chi connectivity index (χ2n) is 3.84. The van der Waals surface area contributed by atoms with Crippen molar-refractivity contribution in [3.8, 4) is 10.4 Å². The maximum Gasteiger partial charge on any atom is 0.248 e. The molecule has 7 heteroatoms. The molecule has 0 spiro atoms. The highest BCUT2D eigenvalue weighted by Crippen LogP contribution is 2.33. The van der Waals surface area contributed by atoms with Gasteiger partial charge in [-0.2, -0.15) is 4.98 Å². The van der Waals surface area contributed by atoms with E-state index in [1.54, 1.807) is 11.3 Å². The number of halogens is 1. The van der Waals surface area contributed by atoms with Crippen LogP contribution in [0.25, 0.3) is 10.4 Å². The topological polar surface area (TPSA) is 79.6 Å². The standard InChI is InChI=1S/C12H10ClN5S/c13-9-6-7(15-12-16-11(14)17-18-12)3-4-8(9)10-2-1-5-19-10/h1-6H,(H4,14,15,16,17,18). The van der Waals surface area contributed by atoms with Gasteiger partial charge in [-0.3, -0.25) is 0 Å². The Morgan fingerprint density at radius 3 is 2.84 bits per heavy atom. The predicted octanol–water partition coefficient (Wildman–Crippen LogP) is 3.51. The molecular weight excluding hydrogens is 282 g/mol. The second kappa shape index (κ2) is 4.91. The van der Waals surface area contributed by atoms with Crippen molar-refractivity contribution in [1.82, 2.24) is 15.2 Å². The van der Waals surface area contributed by atoms with Crippen molar-refractivity contribution < 1.29 is 0 Å². The summed E-state index contributed by atoms with van der Waals surface area (Å²) in [5, 5.41) is 12.2. The third-order valence-electron chi connectivity index (χ3n) is 2.51. The molecule has 0 aliphatic heterocycles. The van der Waals surface area contributed by atoms with Crippen molar-refractivity contribution in [2.45, 2.75) is 0 Å². The van der Waals surface area contributed by atoms with Crippen LogP contribution in [0, 0.1) is 0 Å². The van der Waals surface area contributed by atoms with Gasteiger partial charge >= 0.3 is 0 Å². The minimum atomic E-state index is 0.267. The van der Waals surface area contributed by atoms with Gasteiger partial charge in [0.1, 0.15) is 0 Å². The maximum atomic E-state index is 6.29. The molecule has 0 saturated carbocycles. The van der Waals surface area contributed by atoms with E-state index in [2.05, 4.69) is 20.5 Å². The van der Waals surface area contributed by atoms with Gasteiger partial charge in [0.25, 0.3) is 0 Å². The highest BCUT2D eigenvalue weighted by Gasteiger charge is 2.07. The Balaban J connectivity index is 1.87. The number of nitrogens with zero attached hydrogens (tertiary/aromatic N) is 2. The summed E-state index contributed by atoms with van der Waals surface area (Å²) in [4.78, 5) is 5.10. The molecule has 0 unspecified atom stereocenters. The molecule has 0 fully saturated rings. The lowest BCUT2D eigenvalue weighted by Crippen LogP contribution is -1.93. The summed E-state index contributed by atoms with van der Waals surface area (Å²) in [7, 11) is 0. The third kappa shape index (κ3) is 2.54. The summed E-state index contributed by atoms with van der Waals surface area (Å²) < 4.78 is 0. The van der Waals surface area contributed by atoms with Gasteiger partial charge in [0.05, 0.1) is 5.02 Å². The minimum Gasteiger partial charge on any atom is -0.368 e. The van der Waals surface area contributed by atoms with E-state index in [1.807, 2.05) is 35.7 Å². The van der Waals surface area contributed by atoms with Gasteiger partial charge in [0, 0.05) is 16.1 Å². The number of benzene rings is 1. The highest BCUT2D eigenvalue weighted by atomic mass is 35.5. The van der Waals surface area contributed by atoms with Crippen LogP contribution in [0.5, 0.6) is 0 Å². The summed E-state index contributed by atoms with van der Waals surface area (Å²) in [6.07, 6.45) is 0. The molecule has 0 saturated heterocycles. The van der Waals surface area contributed by atoms with Crippen LogP contribution in [0.2, 0.25) is 5.02 Å². The Kier molecular flexibility index (Phi) is 3.10. The van der Waals surface area contributed by atoms with Crippen LogP contribution in [0.4, 0.5) is 17.6 Å². The van der Waals surface area contributed by atoms with Gasteiger partial charge in [-0.05, 0) is 29.6 Å². The molecule has 2 aromatic heterocycles. The minimum absolute atomic E-state index is 0.267. The molecule has 4 N–H and O–H groups in total. The van der Waals surface area contributed by atoms with Gasteiger partial charge < -0.3 is 11.1 Å². The maximum absolute atomic E-state index is 6.29. The summed E-state index contributed by atoms with van der Waals surface area (Å²) in [6, 6.07) is 9.76. The van der Waals surface area contributed by atoms with Crippen molar-refractivity contribution in [1.29, 1.82) is 0 Å². The smallest absolute Gasteiger partial charge is 0.248 e. The number of aromatic nitrogens is 3. The molecule has 2 heterocycles. The van der Waals surface area contributed by atoms with E-state index < -0.39 is 0 Å². The summed E-state index contributed by atoms with van der Waals surface area (Å²) in [6.45, 7) is 0. The lowest BCUT2D eigenvalue weighted by molar-refractivity contribution is 1.10. The van der Waals surface area contributed by atoms with Crippen LogP contribution in [-0.2, 0) is 0 Å². The first-order valence-electron chi connectivity index (χ1n) is 5.51. The molecule has 0 bridgehead atoms. The number of rotatable bonds is 3. The number of nitrogens with two attached hydrogens (primary N) is 1. The van der Waals surface area contributed by atoms with Crippen LogP contribution in [-0.4, -0.2) is 15.2 Å². The number of anilines is 3. The molecule has 0 amide bonds. The van der Waals surface area contributed by atoms with Crippen molar-refractivity contribution in [2.24, 2.45) is 0 Å². The molecule has 96 valence electrons. The first kappa shape index (κ1) is 12.0. The Hall–Kier alpha value is -2.05. The van der Waals surface area contributed by atoms with Crippen LogP contribution in [0.3, 0.4) is 0 Å². The quantitative estimate of drug-likeness (QED) is 0.690. The number of nitrogens with one attached hydrogen (secondary N) is 2. The first-order chi connectivity index (χ1) is 9.22. The van der Waals surface area contributed by atoms with Gasteiger partial charge in [-0.1, -0.05) is 17.7 Å². The molecule has 0 aliphatic carbocycles. The zero-order valence-electron chi connectivity index (χ0n) is 9.72. The molecule has 0 atom stereocenters. The van der Waals surface area contributed by atoms with E-state index >= 15 is 0 Å². The first-order valence-corrected chi connectivity index (χ1v) is 6.76. The van der Waals surface area contributed by atoms with Gasteiger partial charge in [0.15, 0.2) is 0 Å². The van der Waals surface area contributed by atoms with E-state index in [1.165, 1.54) is 0 Å². The molecule has 1 aromatic carbocycles. The van der Waals surface area contributed by atoms with Crippen LogP contribution in [0.1, 0.15) is 0 Å². The van der Waals surface area contributed by atoms with Crippen LogP contribution in [0.15, 0.2) is 35.7 Å². The largest absolute Gasteiger partial charge is 0.368 e. The number of nitrogen functional groups attached to an aromatic ring is 1. The van der Waals surface area contributed by atoms with Crippen LogP contribution >= 0.6 is 22.9 Å². The van der Waals surface area contributed by atoms with Crippen molar-refractivity contribution in [3.63, 3.8) is 0 Å². The van der Waals surface area contributed by atoms with E-state index in [0.717, 1.165) is 16.1 Å². The Morgan fingerprint density at radius 2 is 2.21 bits per heavy atom. The van der Waals surface area contributed by atoms with E-state index in [-0.39, 0.29) is 5.95 Å². The molecule has 19 heavy (non-hydrogen) atoms.